The minimum absolute atomic E-state index is 0.125. The molecule has 0 heterocycles. The number of hydrogen-bond acceptors (Lipinski definition) is 3. The summed E-state index contributed by atoms with van der Waals surface area (Å²) in [5.41, 5.74) is 0.979. The second kappa shape index (κ2) is 8.28. The van der Waals surface area contributed by atoms with Gasteiger partial charge < -0.3 is 4.74 Å². The number of rotatable bonds is 7. The van der Waals surface area contributed by atoms with Gasteiger partial charge in [-0.3, -0.25) is 4.79 Å². The van der Waals surface area contributed by atoms with Crippen molar-refractivity contribution in [1.29, 1.82) is 0 Å². The van der Waals surface area contributed by atoms with E-state index in [1.165, 1.54) is 0 Å². The van der Waals surface area contributed by atoms with Crippen LogP contribution in [0.25, 0.3) is 16.8 Å². The Kier molecular flexibility index (Phi) is 6.10. The third kappa shape index (κ3) is 4.28. The number of benzene rings is 2. The molecule has 2 aromatic carbocycles. The van der Waals surface area contributed by atoms with Crippen LogP contribution >= 0.6 is 0 Å². The number of Topliss-reactive ketones (excluding diaryl/α,β-unsaturated/α-hetero) is 1. The molecular weight excluding hydrogens is 288 g/mol. The molecule has 0 radical (unpaired) electrons. The lowest BCUT2D eigenvalue weighted by molar-refractivity contribution is -0.140. The van der Waals surface area contributed by atoms with Gasteiger partial charge in [-0.2, -0.15) is 0 Å². The summed E-state index contributed by atoms with van der Waals surface area (Å²) in [7, 11) is 0. The van der Waals surface area contributed by atoms with Gasteiger partial charge in [0.2, 0.25) is 0 Å². The molecule has 0 saturated heterocycles. The Bertz CT molecular complexity index is 723. The predicted octanol–water partition coefficient (Wildman–Crippen LogP) is 4.55. The number of ketones is 1. The summed E-state index contributed by atoms with van der Waals surface area (Å²) >= 11 is 0. The van der Waals surface area contributed by atoms with Crippen molar-refractivity contribution in [2.45, 2.75) is 33.1 Å². The van der Waals surface area contributed by atoms with E-state index >= 15 is 0 Å². The summed E-state index contributed by atoms with van der Waals surface area (Å²) in [6, 6.07) is 13.7. The molecule has 0 aromatic heterocycles. The van der Waals surface area contributed by atoms with Crippen molar-refractivity contribution < 1.29 is 14.3 Å². The zero-order valence-electron chi connectivity index (χ0n) is 13.7. The zero-order chi connectivity index (χ0) is 16.7. The van der Waals surface area contributed by atoms with Crippen LogP contribution in [0.1, 0.15) is 38.7 Å². The number of hydrogen-bond donors (Lipinski definition) is 0. The first kappa shape index (κ1) is 16.9. The minimum atomic E-state index is -0.529. The number of esters is 1. The van der Waals surface area contributed by atoms with E-state index in [2.05, 4.69) is 0 Å². The molecule has 2 rings (SSSR count). The average Bonchev–Trinajstić information content (AvgIpc) is 2.59. The molecule has 2 aromatic rings. The van der Waals surface area contributed by atoms with Crippen LogP contribution in [0.5, 0.6) is 0 Å². The first-order chi connectivity index (χ1) is 11.2. The Hall–Kier alpha value is -2.42. The van der Waals surface area contributed by atoms with Gasteiger partial charge in [0.1, 0.15) is 5.57 Å². The van der Waals surface area contributed by atoms with Crippen molar-refractivity contribution in [2.24, 2.45) is 0 Å². The number of carbonyl (C=O) groups excluding carboxylic acids is 2. The van der Waals surface area contributed by atoms with Gasteiger partial charge >= 0.3 is 5.97 Å². The van der Waals surface area contributed by atoms with E-state index in [1.807, 2.05) is 49.4 Å². The second-order valence-corrected chi connectivity index (χ2v) is 5.39. The van der Waals surface area contributed by atoms with Crippen molar-refractivity contribution in [3.05, 3.63) is 53.6 Å². The molecule has 0 saturated carbocycles. The normalized spacial score (nSPS) is 11.5. The average molecular weight is 310 g/mol. The minimum Gasteiger partial charge on any atom is -0.462 e. The summed E-state index contributed by atoms with van der Waals surface area (Å²) < 4.78 is 5.22. The number of fused-ring (bicyclic) bond motifs is 1. The van der Waals surface area contributed by atoms with Crippen molar-refractivity contribution in [3.8, 4) is 0 Å². The molecule has 0 aliphatic carbocycles. The first-order valence-electron chi connectivity index (χ1n) is 8.07. The lowest BCUT2D eigenvalue weighted by atomic mass is 10.0. The highest BCUT2D eigenvalue weighted by molar-refractivity contribution is 6.21. The number of ether oxygens (including phenoxy) is 1. The SMILES string of the molecule is CCCCOC(=O)C(=Cc1cccc2ccccc12)C(=O)CC. The molecule has 0 N–H and O–H groups in total. The van der Waals surface area contributed by atoms with E-state index < -0.39 is 5.97 Å². The largest absolute Gasteiger partial charge is 0.462 e. The predicted molar refractivity (Wildman–Crippen MR) is 93.1 cm³/mol. The lowest BCUT2D eigenvalue weighted by Crippen LogP contribution is -2.16. The number of unbranched alkanes of at least 4 members (excludes halogenated alkanes) is 1. The van der Waals surface area contributed by atoms with Crippen molar-refractivity contribution in [3.63, 3.8) is 0 Å². The molecule has 0 atom stereocenters. The Labute approximate surface area is 137 Å². The molecular formula is C20H22O3. The first-order valence-corrected chi connectivity index (χ1v) is 8.07. The fraction of sp³-hybridized carbons (Fsp3) is 0.300. The van der Waals surface area contributed by atoms with Gasteiger partial charge in [0, 0.05) is 6.42 Å². The molecule has 3 heteroatoms. The van der Waals surface area contributed by atoms with Crippen LogP contribution in [0.4, 0.5) is 0 Å². The standard InChI is InChI=1S/C20H22O3/c1-3-5-13-23-20(22)18(19(21)4-2)14-16-11-8-10-15-9-6-7-12-17(15)16/h6-12,14H,3-5,13H2,1-2H3. The zero-order valence-corrected chi connectivity index (χ0v) is 13.7. The summed E-state index contributed by atoms with van der Waals surface area (Å²) in [4.78, 5) is 24.4. The lowest BCUT2D eigenvalue weighted by Gasteiger charge is -2.08. The summed E-state index contributed by atoms with van der Waals surface area (Å²) in [5, 5.41) is 2.08. The van der Waals surface area contributed by atoms with Crippen molar-refractivity contribution >= 4 is 28.6 Å². The molecule has 0 aliphatic rings. The highest BCUT2D eigenvalue weighted by Gasteiger charge is 2.18. The van der Waals surface area contributed by atoms with Crippen LogP contribution in [-0.4, -0.2) is 18.4 Å². The molecule has 0 bridgehead atoms. The fourth-order valence-corrected chi connectivity index (χ4v) is 2.36. The Morgan fingerprint density at radius 3 is 2.52 bits per heavy atom. The van der Waals surface area contributed by atoms with Crippen molar-refractivity contribution in [2.75, 3.05) is 6.61 Å². The topological polar surface area (TPSA) is 43.4 Å². The molecule has 3 nitrogen and oxygen atoms in total. The summed E-state index contributed by atoms with van der Waals surface area (Å²) in [6.45, 7) is 4.12. The quantitative estimate of drug-likeness (QED) is 0.248. The maximum Gasteiger partial charge on any atom is 0.341 e. The van der Waals surface area contributed by atoms with Crippen molar-refractivity contribution in [1.82, 2.24) is 0 Å². The Morgan fingerprint density at radius 2 is 1.78 bits per heavy atom. The molecule has 23 heavy (non-hydrogen) atoms. The monoisotopic (exact) mass is 310 g/mol. The van der Waals surface area contributed by atoms with Gasteiger partial charge in [0.05, 0.1) is 6.61 Å². The molecule has 0 aliphatic heterocycles. The van der Waals surface area contributed by atoms with Crippen LogP contribution in [-0.2, 0) is 14.3 Å². The van der Waals surface area contributed by atoms with E-state index in [1.54, 1.807) is 13.0 Å². The molecule has 0 amide bonds. The summed E-state index contributed by atoms with van der Waals surface area (Å²) in [5.74, 6) is -0.724. The van der Waals surface area contributed by atoms with E-state index in [0.717, 1.165) is 29.2 Å². The third-order valence-corrected chi connectivity index (χ3v) is 3.70. The van der Waals surface area contributed by atoms with Crippen LogP contribution in [0, 0.1) is 0 Å². The molecule has 0 unspecified atom stereocenters. The molecule has 0 fully saturated rings. The van der Waals surface area contributed by atoms with Gasteiger partial charge in [-0.15, -0.1) is 0 Å². The highest BCUT2D eigenvalue weighted by atomic mass is 16.5. The molecule has 0 spiro atoms. The maximum absolute atomic E-state index is 12.2. The fourth-order valence-electron chi connectivity index (χ4n) is 2.36. The Morgan fingerprint density at radius 1 is 1.04 bits per heavy atom. The van der Waals surface area contributed by atoms with Gasteiger partial charge in [-0.25, -0.2) is 4.79 Å². The smallest absolute Gasteiger partial charge is 0.341 e. The van der Waals surface area contributed by atoms with Gasteiger partial charge in [-0.05, 0) is 28.8 Å². The van der Waals surface area contributed by atoms with Crippen LogP contribution in [0.15, 0.2) is 48.0 Å². The second-order valence-electron chi connectivity index (χ2n) is 5.39. The van der Waals surface area contributed by atoms with Crippen LogP contribution in [0.2, 0.25) is 0 Å². The van der Waals surface area contributed by atoms with Crippen LogP contribution < -0.4 is 0 Å². The maximum atomic E-state index is 12.2. The van der Waals surface area contributed by atoms with E-state index in [0.29, 0.717) is 6.61 Å². The van der Waals surface area contributed by atoms with E-state index in [9.17, 15) is 9.59 Å². The van der Waals surface area contributed by atoms with E-state index in [-0.39, 0.29) is 17.8 Å². The van der Waals surface area contributed by atoms with Gasteiger partial charge in [0.15, 0.2) is 5.78 Å². The molecule has 120 valence electrons. The van der Waals surface area contributed by atoms with E-state index in [4.69, 9.17) is 4.74 Å². The van der Waals surface area contributed by atoms with Crippen LogP contribution in [0.3, 0.4) is 0 Å². The summed E-state index contributed by atoms with van der Waals surface area (Å²) in [6.07, 6.45) is 3.67. The highest BCUT2D eigenvalue weighted by Crippen LogP contribution is 2.22. The number of carbonyl (C=O) groups is 2. The van der Waals surface area contributed by atoms with Gasteiger partial charge in [0.25, 0.3) is 0 Å². The Balaban J connectivity index is 2.39. The third-order valence-electron chi connectivity index (χ3n) is 3.70. The van der Waals surface area contributed by atoms with Gasteiger partial charge in [-0.1, -0.05) is 62.7 Å².